The fraction of sp³-hybridized carbons (Fsp3) is 0.333. The maximum absolute atomic E-state index is 12.7. The lowest BCUT2D eigenvalue weighted by Crippen LogP contribution is -2.40. The van der Waals surface area contributed by atoms with E-state index >= 15 is 0 Å². The number of aromatic nitrogens is 4. The number of piperidine rings is 1. The van der Waals surface area contributed by atoms with Crippen LogP contribution < -0.4 is 5.56 Å². The topological polar surface area (TPSA) is 73.0 Å². The molecule has 0 bridgehead atoms. The van der Waals surface area contributed by atoms with Crippen LogP contribution in [-0.4, -0.2) is 43.0 Å². The summed E-state index contributed by atoms with van der Waals surface area (Å²) in [5.74, 6) is 0.639. The molecule has 0 unspecified atom stereocenters. The van der Waals surface area contributed by atoms with Gasteiger partial charge in [0.1, 0.15) is 0 Å². The lowest BCUT2D eigenvalue weighted by molar-refractivity contribution is -0.132. The monoisotopic (exact) mass is 415 g/mol. The first-order chi connectivity index (χ1) is 15.2. The number of para-hydroxylation sites is 3. The van der Waals surface area contributed by atoms with Gasteiger partial charge in [-0.2, -0.15) is 0 Å². The van der Waals surface area contributed by atoms with Crippen molar-refractivity contribution in [3.8, 4) is 0 Å². The Labute approximate surface area is 180 Å². The predicted molar refractivity (Wildman–Crippen MR) is 120 cm³/mol. The number of aryl methyl sites for hydroxylation is 1. The molecule has 3 heterocycles. The second-order valence-electron chi connectivity index (χ2n) is 8.22. The Morgan fingerprint density at radius 1 is 0.903 bits per heavy atom. The Kier molecular flexibility index (Phi) is 5.24. The molecule has 0 saturated carbocycles. The van der Waals surface area contributed by atoms with Crippen molar-refractivity contribution >= 4 is 27.8 Å². The molecule has 2 aromatic heterocycles. The normalized spacial score (nSPS) is 15.0. The number of hydrogen-bond acceptors (Lipinski definition) is 4. The van der Waals surface area contributed by atoms with Crippen LogP contribution >= 0.6 is 0 Å². The van der Waals surface area contributed by atoms with E-state index in [0.717, 1.165) is 43.5 Å². The second-order valence-corrected chi connectivity index (χ2v) is 8.22. The molecule has 1 amide bonds. The Morgan fingerprint density at radius 3 is 2.42 bits per heavy atom. The maximum Gasteiger partial charge on any atom is 0.261 e. The number of carbonyl (C=O) groups excluding carboxylic acids is 1. The SMILES string of the molecule is O=C(CCn1cnc2ccccc2c1=O)N1CCC(Cn2cnc3ccccc32)CC1. The van der Waals surface area contributed by atoms with Gasteiger partial charge in [0.2, 0.25) is 5.91 Å². The van der Waals surface area contributed by atoms with Crippen molar-refractivity contribution in [2.45, 2.75) is 32.4 Å². The van der Waals surface area contributed by atoms with Crippen LogP contribution in [0, 0.1) is 5.92 Å². The van der Waals surface area contributed by atoms with Gasteiger partial charge < -0.3 is 9.47 Å². The molecule has 5 rings (SSSR count). The molecule has 7 nitrogen and oxygen atoms in total. The van der Waals surface area contributed by atoms with Crippen molar-refractivity contribution in [3.63, 3.8) is 0 Å². The van der Waals surface area contributed by atoms with Crippen molar-refractivity contribution in [3.05, 3.63) is 71.5 Å². The third-order valence-corrected chi connectivity index (χ3v) is 6.25. The molecule has 31 heavy (non-hydrogen) atoms. The highest BCUT2D eigenvalue weighted by Crippen LogP contribution is 2.22. The molecular formula is C24H25N5O2. The minimum Gasteiger partial charge on any atom is -0.343 e. The van der Waals surface area contributed by atoms with Gasteiger partial charge in [-0.3, -0.25) is 14.2 Å². The van der Waals surface area contributed by atoms with Crippen molar-refractivity contribution in [2.24, 2.45) is 5.92 Å². The molecule has 0 spiro atoms. The smallest absolute Gasteiger partial charge is 0.261 e. The number of fused-ring (bicyclic) bond motifs is 2. The number of benzene rings is 2. The van der Waals surface area contributed by atoms with E-state index in [2.05, 4.69) is 20.6 Å². The molecule has 0 atom stereocenters. The fourth-order valence-corrected chi connectivity index (χ4v) is 4.44. The number of rotatable bonds is 5. The zero-order valence-corrected chi connectivity index (χ0v) is 17.4. The maximum atomic E-state index is 12.7. The molecule has 7 heteroatoms. The molecule has 1 aliphatic heterocycles. The molecule has 0 N–H and O–H groups in total. The average molecular weight is 415 g/mol. The van der Waals surface area contributed by atoms with Crippen LogP contribution in [0.5, 0.6) is 0 Å². The van der Waals surface area contributed by atoms with Crippen LogP contribution in [0.25, 0.3) is 21.9 Å². The van der Waals surface area contributed by atoms with Crippen LogP contribution in [0.3, 0.4) is 0 Å². The first kappa shape index (κ1) is 19.5. The molecule has 1 saturated heterocycles. The minimum absolute atomic E-state index is 0.0929. The van der Waals surface area contributed by atoms with Crippen molar-refractivity contribution < 1.29 is 4.79 Å². The van der Waals surface area contributed by atoms with E-state index in [1.807, 2.05) is 47.6 Å². The first-order valence-corrected chi connectivity index (χ1v) is 10.8. The zero-order chi connectivity index (χ0) is 21.2. The van der Waals surface area contributed by atoms with Crippen molar-refractivity contribution in [2.75, 3.05) is 13.1 Å². The van der Waals surface area contributed by atoms with Gasteiger partial charge in [-0.05, 0) is 43.0 Å². The number of nitrogens with zero attached hydrogens (tertiary/aromatic N) is 5. The summed E-state index contributed by atoms with van der Waals surface area (Å²) in [5.41, 5.74) is 2.77. The molecular weight excluding hydrogens is 390 g/mol. The number of amides is 1. The molecule has 4 aromatic rings. The van der Waals surface area contributed by atoms with E-state index < -0.39 is 0 Å². The number of hydrogen-bond donors (Lipinski definition) is 0. The van der Waals surface area contributed by atoms with Gasteiger partial charge in [0.25, 0.3) is 5.56 Å². The average Bonchev–Trinajstić information content (AvgIpc) is 3.22. The lowest BCUT2D eigenvalue weighted by atomic mass is 9.96. The van der Waals surface area contributed by atoms with Gasteiger partial charge in [0.05, 0.1) is 34.6 Å². The summed E-state index contributed by atoms with van der Waals surface area (Å²) >= 11 is 0. The summed E-state index contributed by atoms with van der Waals surface area (Å²) in [6, 6.07) is 15.5. The van der Waals surface area contributed by atoms with Crippen molar-refractivity contribution in [1.29, 1.82) is 0 Å². The van der Waals surface area contributed by atoms with E-state index in [9.17, 15) is 9.59 Å². The summed E-state index contributed by atoms with van der Waals surface area (Å²) in [5, 5.41) is 0.588. The lowest BCUT2D eigenvalue weighted by Gasteiger charge is -2.32. The largest absolute Gasteiger partial charge is 0.343 e. The molecule has 0 aliphatic carbocycles. The summed E-state index contributed by atoms with van der Waals surface area (Å²) in [4.78, 5) is 36.0. The standard InChI is InChI=1S/C24H25N5O2/c30-23(11-14-28-16-25-20-6-2-1-5-19(20)24(28)31)27-12-9-18(10-13-27)15-29-17-26-21-7-3-4-8-22(21)29/h1-8,16-18H,9-15H2. The van der Waals surface area contributed by atoms with E-state index in [4.69, 9.17) is 0 Å². The van der Waals surface area contributed by atoms with Gasteiger partial charge >= 0.3 is 0 Å². The third-order valence-electron chi connectivity index (χ3n) is 6.25. The summed E-state index contributed by atoms with van der Waals surface area (Å²) in [7, 11) is 0. The van der Waals surface area contributed by atoms with E-state index in [1.54, 1.807) is 12.4 Å². The van der Waals surface area contributed by atoms with Gasteiger partial charge in [-0.1, -0.05) is 24.3 Å². The summed E-state index contributed by atoms with van der Waals surface area (Å²) in [6.07, 6.45) is 5.74. The number of imidazole rings is 1. The Balaban J connectivity index is 1.16. The summed E-state index contributed by atoms with van der Waals surface area (Å²) < 4.78 is 3.76. The van der Waals surface area contributed by atoms with Crippen LogP contribution in [0.2, 0.25) is 0 Å². The second kappa shape index (κ2) is 8.34. The van der Waals surface area contributed by atoms with Gasteiger partial charge in [0, 0.05) is 32.6 Å². The van der Waals surface area contributed by atoms with Gasteiger partial charge in [-0.15, -0.1) is 0 Å². The zero-order valence-electron chi connectivity index (χ0n) is 17.4. The Morgan fingerprint density at radius 2 is 1.58 bits per heavy atom. The van der Waals surface area contributed by atoms with Crippen molar-refractivity contribution in [1.82, 2.24) is 24.0 Å². The molecule has 1 aliphatic rings. The predicted octanol–water partition coefficient (Wildman–Crippen LogP) is 3.08. The minimum atomic E-state index is -0.0929. The molecule has 2 aromatic carbocycles. The number of carbonyl (C=O) groups is 1. The van der Waals surface area contributed by atoms with Crippen LogP contribution in [-0.2, 0) is 17.9 Å². The van der Waals surface area contributed by atoms with Crippen LogP contribution in [0.1, 0.15) is 19.3 Å². The Hall–Kier alpha value is -3.48. The van der Waals surface area contributed by atoms with Gasteiger partial charge in [-0.25, -0.2) is 9.97 Å². The molecule has 158 valence electrons. The van der Waals surface area contributed by atoms with E-state index in [-0.39, 0.29) is 11.5 Å². The van der Waals surface area contributed by atoms with E-state index in [1.165, 1.54) is 4.57 Å². The number of likely N-dealkylation sites (tertiary alicyclic amines) is 1. The van der Waals surface area contributed by atoms with Crippen LogP contribution in [0.4, 0.5) is 0 Å². The summed E-state index contributed by atoms with van der Waals surface area (Å²) in [6.45, 7) is 2.82. The van der Waals surface area contributed by atoms with Gasteiger partial charge in [0.15, 0.2) is 0 Å². The Bertz CT molecular complexity index is 1280. The first-order valence-electron chi connectivity index (χ1n) is 10.8. The molecule has 0 radical (unpaired) electrons. The van der Waals surface area contributed by atoms with Crippen LogP contribution in [0.15, 0.2) is 66.0 Å². The fourth-order valence-electron chi connectivity index (χ4n) is 4.44. The highest BCUT2D eigenvalue weighted by atomic mass is 16.2. The molecule has 1 fully saturated rings. The highest BCUT2D eigenvalue weighted by Gasteiger charge is 2.23. The van der Waals surface area contributed by atoms with E-state index in [0.29, 0.717) is 29.8 Å². The quantitative estimate of drug-likeness (QED) is 0.502. The third kappa shape index (κ3) is 3.95. The highest BCUT2D eigenvalue weighted by molar-refractivity contribution is 5.78.